The van der Waals surface area contributed by atoms with E-state index in [4.69, 9.17) is 81.8 Å². The lowest BCUT2D eigenvalue weighted by Gasteiger charge is -2.28. The highest BCUT2D eigenvalue weighted by Gasteiger charge is 2.35. The molecule has 1 atom stereocenters. The Labute approximate surface area is 191 Å². The summed E-state index contributed by atoms with van der Waals surface area (Å²) in [5.74, 6) is -0.574. The van der Waals surface area contributed by atoms with Gasteiger partial charge in [0.25, 0.3) is 5.91 Å². The highest BCUT2D eigenvalue weighted by Crippen LogP contribution is 2.30. The molecule has 0 fully saturated rings. The third-order valence-electron chi connectivity index (χ3n) is 3.16. The zero-order valence-corrected chi connectivity index (χ0v) is 18.6. The average molecular weight is 506 g/mol. The van der Waals surface area contributed by atoms with Crippen molar-refractivity contribution in [3.05, 3.63) is 63.1 Å². The zero-order chi connectivity index (χ0) is 20.2. The van der Waals surface area contributed by atoms with Crippen molar-refractivity contribution in [2.75, 3.05) is 5.32 Å². The maximum absolute atomic E-state index is 12.5. The van der Waals surface area contributed by atoms with E-state index in [-0.39, 0.29) is 15.7 Å². The van der Waals surface area contributed by atoms with Gasteiger partial charge in [-0.15, -0.1) is 0 Å². The summed E-state index contributed by atoms with van der Waals surface area (Å²) in [5, 5.41) is 9.42. The van der Waals surface area contributed by atoms with Crippen molar-refractivity contribution in [2.45, 2.75) is 9.96 Å². The van der Waals surface area contributed by atoms with Gasteiger partial charge >= 0.3 is 0 Å². The maximum atomic E-state index is 12.5. The van der Waals surface area contributed by atoms with E-state index < -0.39 is 15.9 Å². The Morgan fingerprint density at radius 3 is 2.07 bits per heavy atom. The summed E-state index contributed by atoms with van der Waals surface area (Å²) in [4.78, 5) is 12.5. The number of halogens is 6. The highest BCUT2D eigenvalue weighted by atomic mass is 35.6. The molecule has 0 saturated carbocycles. The third-order valence-corrected chi connectivity index (χ3v) is 4.83. The molecule has 3 N–H and O–H groups in total. The number of hydrogen-bond donors (Lipinski definition) is 3. The zero-order valence-electron chi connectivity index (χ0n) is 13.2. The fourth-order valence-corrected chi connectivity index (χ4v) is 3.10. The van der Waals surface area contributed by atoms with E-state index in [1.807, 2.05) is 0 Å². The number of amides is 1. The fraction of sp³-hybridized carbons (Fsp3) is 0.125. The van der Waals surface area contributed by atoms with Crippen LogP contribution in [0.2, 0.25) is 15.1 Å². The first-order valence-corrected chi connectivity index (χ1v) is 9.89. The SMILES string of the molecule is O=C(NC(NC(=S)Nc1ccc(Cl)cc1)C(Cl)(Cl)Cl)c1ccc(Cl)cc1Cl. The molecule has 11 heteroatoms. The first kappa shape index (κ1) is 22.6. The van der Waals surface area contributed by atoms with Crippen molar-refractivity contribution >= 4 is 98.5 Å². The maximum Gasteiger partial charge on any atom is 0.254 e. The molecule has 2 aromatic rings. The lowest BCUT2D eigenvalue weighted by atomic mass is 10.2. The Hall–Kier alpha value is -0.660. The van der Waals surface area contributed by atoms with E-state index in [9.17, 15) is 4.79 Å². The van der Waals surface area contributed by atoms with E-state index in [0.717, 1.165) is 0 Å². The van der Waals surface area contributed by atoms with Crippen LogP contribution in [0.25, 0.3) is 0 Å². The second-order valence-corrected chi connectivity index (χ2v) is 9.23. The molecule has 0 aromatic heterocycles. The predicted octanol–water partition coefficient (Wildman–Crippen LogP) is 6.06. The van der Waals surface area contributed by atoms with E-state index in [1.165, 1.54) is 18.2 Å². The van der Waals surface area contributed by atoms with Gasteiger partial charge in [-0.3, -0.25) is 4.79 Å². The van der Waals surface area contributed by atoms with Crippen LogP contribution in [0.3, 0.4) is 0 Å². The molecule has 1 unspecified atom stereocenters. The van der Waals surface area contributed by atoms with Gasteiger partial charge < -0.3 is 16.0 Å². The molecule has 4 nitrogen and oxygen atoms in total. The van der Waals surface area contributed by atoms with Crippen molar-refractivity contribution in [3.8, 4) is 0 Å². The van der Waals surface area contributed by atoms with Crippen LogP contribution in [0.15, 0.2) is 42.5 Å². The number of anilines is 1. The molecule has 0 spiro atoms. The molecule has 0 aliphatic rings. The first-order valence-electron chi connectivity index (χ1n) is 7.22. The summed E-state index contributed by atoms with van der Waals surface area (Å²) in [5.41, 5.74) is 0.825. The van der Waals surface area contributed by atoms with Gasteiger partial charge in [0.15, 0.2) is 5.11 Å². The Balaban J connectivity index is 2.09. The standard InChI is InChI=1S/C16H11Cl6N3OS/c17-8-1-4-10(5-2-8)23-15(27)25-14(16(20,21)22)24-13(26)11-6-3-9(18)7-12(11)19/h1-7,14H,(H,24,26)(H2,23,25,27). The van der Waals surface area contributed by atoms with Crippen LogP contribution < -0.4 is 16.0 Å². The van der Waals surface area contributed by atoms with Gasteiger partial charge in [-0.25, -0.2) is 0 Å². The number of benzene rings is 2. The Morgan fingerprint density at radius 1 is 0.926 bits per heavy atom. The molecular formula is C16H11Cl6N3OS. The second kappa shape index (κ2) is 9.70. The lowest BCUT2D eigenvalue weighted by molar-refractivity contribution is 0.0934. The van der Waals surface area contributed by atoms with E-state index in [0.29, 0.717) is 15.7 Å². The molecule has 0 aliphatic heterocycles. The van der Waals surface area contributed by atoms with Crippen LogP contribution in [0, 0.1) is 0 Å². The number of hydrogen-bond acceptors (Lipinski definition) is 2. The molecule has 144 valence electrons. The van der Waals surface area contributed by atoms with Crippen molar-refractivity contribution < 1.29 is 4.79 Å². The molecule has 2 rings (SSSR count). The van der Waals surface area contributed by atoms with Gasteiger partial charge in [0, 0.05) is 15.7 Å². The Bertz CT molecular complexity index is 841. The van der Waals surface area contributed by atoms with Crippen molar-refractivity contribution in [1.82, 2.24) is 10.6 Å². The lowest BCUT2D eigenvalue weighted by Crippen LogP contribution is -2.56. The molecule has 1 amide bonds. The van der Waals surface area contributed by atoms with Gasteiger partial charge in [0.05, 0.1) is 10.6 Å². The first-order chi connectivity index (χ1) is 12.6. The average Bonchev–Trinajstić information content (AvgIpc) is 2.55. The van der Waals surface area contributed by atoms with E-state index >= 15 is 0 Å². The number of alkyl halides is 3. The number of carbonyl (C=O) groups is 1. The molecule has 0 aliphatic carbocycles. The summed E-state index contributed by atoms with van der Waals surface area (Å²) in [7, 11) is 0. The van der Waals surface area contributed by atoms with E-state index in [2.05, 4.69) is 16.0 Å². The second-order valence-electron chi connectivity index (χ2n) is 5.18. The predicted molar refractivity (Wildman–Crippen MR) is 119 cm³/mol. The van der Waals surface area contributed by atoms with Crippen LogP contribution >= 0.6 is 81.8 Å². The number of rotatable bonds is 4. The fourth-order valence-electron chi connectivity index (χ4n) is 1.91. The van der Waals surface area contributed by atoms with Crippen molar-refractivity contribution in [1.29, 1.82) is 0 Å². The summed E-state index contributed by atoms with van der Waals surface area (Å²) in [6.45, 7) is 0. The molecule has 0 saturated heterocycles. The van der Waals surface area contributed by atoms with Crippen molar-refractivity contribution in [2.24, 2.45) is 0 Å². The van der Waals surface area contributed by atoms with Gasteiger partial charge in [-0.1, -0.05) is 69.6 Å². The topological polar surface area (TPSA) is 53.2 Å². The van der Waals surface area contributed by atoms with Crippen LogP contribution in [-0.2, 0) is 0 Å². The minimum Gasteiger partial charge on any atom is -0.339 e. The van der Waals surface area contributed by atoms with Crippen LogP contribution in [0.1, 0.15) is 10.4 Å². The molecular weight excluding hydrogens is 495 g/mol. The summed E-state index contributed by atoms with van der Waals surface area (Å²) in [6, 6.07) is 11.2. The molecule has 0 heterocycles. The van der Waals surface area contributed by atoms with Gasteiger partial charge in [0.2, 0.25) is 3.79 Å². The molecule has 0 radical (unpaired) electrons. The third kappa shape index (κ3) is 7.02. The van der Waals surface area contributed by atoms with Crippen LogP contribution in [0.5, 0.6) is 0 Å². The van der Waals surface area contributed by atoms with E-state index in [1.54, 1.807) is 24.3 Å². The summed E-state index contributed by atoms with van der Waals surface area (Å²) in [6.07, 6.45) is -1.14. The minimum absolute atomic E-state index is 0.121. The summed E-state index contributed by atoms with van der Waals surface area (Å²) < 4.78 is -1.90. The highest BCUT2D eigenvalue weighted by molar-refractivity contribution is 7.80. The Morgan fingerprint density at radius 2 is 1.52 bits per heavy atom. The Kier molecular flexibility index (Phi) is 8.13. The minimum atomic E-state index is -1.90. The largest absolute Gasteiger partial charge is 0.339 e. The molecule has 0 bridgehead atoms. The molecule has 27 heavy (non-hydrogen) atoms. The van der Waals surface area contributed by atoms with Gasteiger partial charge in [-0.2, -0.15) is 0 Å². The van der Waals surface area contributed by atoms with Crippen LogP contribution in [0.4, 0.5) is 5.69 Å². The quantitative estimate of drug-likeness (QED) is 0.268. The summed E-state index contributed by atoms with van der Waals surface area (Å²) >= 11 is 40.8. The number of nitrogens with one attached hydrogen (secondary N) is 3. The van der Waals surface area contributed by atoms with Gasteiger partial charge in [0.1, 0.15) is 6.17 Å². The van der Waals surface area contributed by atoms with Crippen molar-refractivity contribution in [3.63, 3.8) is 0 Å². The number of carbonyl (C=O) groups excluding carboxylic acids is 1. The number of thiocarbonyl (C=S) groups is 1. The van der Waals surface area contributed by atoms with Crippen LogP contribution in [-0.4, -0.2) is 21.0 Å². The molecule has 2 aromatic carbocycles. The smallest absolute Gasteiger partial charge is 0.254 e. The normalized spacial score (nSPS) is 12.2. The van der Waals surface area contributed by atoms with Gasteiger partial charge in [-0.05, 0) is 54.7 Å². The monoisotopic (exact) mass is 503 g/mol.